The van der Waals surface area contributed by atoms with E-state index >= 15 is 0 Å². The minimum atomic E-state index is 0.220. The molecular weight excluding hydrogens is 188 g/mol. The van der Waals surface area contributed by atoms with Crippen LogP contribution in [-0.4, -0.2) is 17.3 Å². The Morgan fingerprint density at radius 3 is 2.87 bits per heavy atom. The maximum atomic E-state index is 11.7. The molecule has 2 N–H and O–H groups in total. The van der Waals surface area contributed by atoms with Gasteiger partial charge in [-0.3, -0.25) is 4.79 Å². The SMILES string of the molecule is CC(=O)c1c(C2CC2)[nH]c2c1CNCC2. The van der Waals surface area contributed by atoms with Gasteiger partial charge in [0.05, 0.1) is 0 Å². The van der Waals surface area contributed by atoms with E-state index in [4.69, 9.17) is 0 Å². The van der Waals surface area contributed by atoms with Crippen LogP contribution in [0.25, 0.3) is 0 Å². The zero-order valence-corrected chi connectivity index (χ0v) is 9.02. The molecule has 0 bridgehead atoms. The van der Waals surface area contributed by atoms with Gasteiger partial charge in [0, 0.05) is 36.5 Å². The number of rotatable bonds is 2. The minimum Gasteiger partial charge on any atom is -0.361 e. The largest absolute Gasteiger partial charge is 0.361 e. The van der Waals surface area contributed by atoms with Gasteiger partial charge in [-0.25, -0.2) is 0 Å². The number of H-pyrrole nitrogens is 1. The van der Waals surface area contributed by atoms with Crippen LogP contribution in [-0.2, 0) is 13.0 Å². The van der Waals surface area contributed by atoms with Crippen LogP contribution in [0, 0.1) is 0 Å². The van der Waals surface area contributed by atoms with Crippen LogP contribution < -0.4 is 5.32 Å². The van der Waals surface area contributed by atoms with Crippen LogP contribution >= 0.6 is 0 Å². The highest BCUT2D eigenvalue weighted by Gasteiger charge is 2.32. The van der Waals surface area contributed by atoms with E-state index in [2.05, 4.69) is 10.3 Å². The highest BCUT2D eigenvalue weighted by Crippen LogP contribution is 2.43. The first-order chi connectivity index (χ1) is 7.27. The lowest BCUT2D eigenvalue weighted by Gasteiger charge is -2.13. The van der Waals surface area contributed by atoms with Crippen LogP contribution in [0.4, 0.5) is 0 Å². The second-order valence-electron chi connectivity index (χ2n) is 4.63. The van der Waals surface area contributed by atoms with E-state index in [0.29, 0.717) is 5.92 Å². The van der Waals surface area contributed by atoms with Gasteiger partial charge in [-0.2, -0.15) is 0 Å². The second kappa shape index (κ2) is 3.20. The Balaban J connectivity index is 2.13. The summed E-state index contributed by atoms with van der Waals surface area (Å²) in [5.41, 5.74) is 4.73. The van der Waals surface area contributed by atoms with Gasteiger partial charge in [-0.15, -0.1) is 0 Å². The van der Waals surface area contributed by atoms with Crippen molar-refractivity contribution in [1.29, 1.82) is 0 Å². The number of hydrogen-bond acceptors (Lipinski definition) is 2. The molecular formula is C12H16N2O. The first-order valence-corrected chi connectivity index (χ1v) is 5.72. The smallest absolute Gasteiger partial charge is 0.161 e. The fourth-order valence-corrected chi connectivity index (χ4v) is 2.53. The Bertz CT molecular complexity index is 416. The summed E-state index contributed by atoms with van der Waals surface area (Å²) in [6.07, 6.45) is 3.52. The van der Waals surface area contributed by atoms with E-state index in [1.54, 1.807) is 6.92 Å². The van der Waals surface area contributed by atoms with Crippen LogP contribution in [0.15, 0.2) is 0 Å². The molecule has 1 fully saturated rings. The normalized spacial score (nSPS) is 20.1. The summed E-state index contributed by atoms with van der Waals surface area (Å²) in [4.78, 5) is 15.2. The molecule has 1 aliphatic heterocycles. The first-order valence-electron chi connectivity index (χ1n) is 5.72. The molecule has 0 spiro atoms. The highest BCUT2D eigenvalue weighted by atomic mass is 16.1. The van der Waals surface area contributed by atoms with Gasteiger partial charge < -0.3 is 10.3 Å². The van der Waals surface area contributed by atoms with E-state index in [1.807, 2.05) is 0 Å². The fourth-order valence-electron chi connectivity index (χ4n) is 2.53. The molecule has 0 aromatic carbocycles. The van der Waals surface area contributed by atoms with Gasteiger partial charge >= 0.3 is 0 Å². The van der Waals surface area contributed by atoms with Gasteiger partial charge in [0.25, 0.3) is 0 Å². The van der Waals surface area contributed by atoms with Crippen molar-refractivity contribution in [2.45, 2.75) is 38.6 Å². The predicted molar refractivity (Wildman–Crippen MR) is 58.2 cm³/mol. The van der Waals surface area contributed by atoms with E-state index < -0.39 is 0 Å². The molecule has 0 radical (unpaired) electrons. The van der Waals surface area contributed by atoms with E-state index in [-0.39, 0.29) is 5.78 Å². The maximum absolute atomic E-state index is 11.7. The Morgan fingerprint density at radius 1 is 1.40 bits per heavy atom. The number of ketones is 1. The first kappa shape index (κ1) is 9.16. The van der Waals surface area contributed by atoms with Crippen molar-refractivity contribution in [2.75, 3.05) is 6.54 Å². The lowest BCUT2D eigenvalue weighted by atomic mass is 10.0. The summed E-state index contributed by atoms with van der Waals surface area (Å²) in [6, 6.07) is 0. The quantitative estimate of drug-likeness (QED) is 0.721. The zero-order chi connectivity index (χ0) is 10.4. The molecule has 1 aliphatic carbocycles. The number of nitrogens with one attached hydrogen (secondary N) is 2. The molecule has 3 heteroatoms. The maximum Gasteiger partial charge on any atom is 0.161 e. The van der Waals surface area contributed by atoms with Gasteiger partial charge in [0.1, 0.15) is 0 Å². The Labute approximate surface area is 89.3 Å². The predicted octanol–water partition coefficient (Wildman–Crippen LogP) is 1.74. The fraction of sp³-hybridized carbons (Fsp3) is 0.583. The number of fused-ring (bicyclic) bond motifs is 1. The molecule has 1 aromatic rings. The Hall–Kier alpha value is -1.09. The topological polar surface area (TPSA) is 44.9 Å². The molecule has 1 saturated carbocycles. The summed E-state index contributed by atoms with van der Waals surface area (Å²) in [6.45, 7) is 3.56. The number of carbonyl (C=O) groups is 1. The molecule has 3 rings (SSSR count). The van der Waals surface area contributed by atoms with Crippen molar-refractivity contribution < 1.29 is 4.79 Å². The van der Waals surface area contributed by atoms with Crippen molar-refractivity contribution in [3.63, 3.8) is 0 Å². The van der Waals surface area contributed by atoms with Crippen molar-refractivity contribution in [3.8, 4) is 0 Å². The van der Waals surface area contributed by atoms with E-state index in [9.17, 15) is 4.79 Å². The van der Waals surface area contributed by atoms with Gasteiger partial charge in [0.2, 0.25) is 0 Å². The third kappa shape index (κ3) is 1.42. The summed E-state index contributed by atoms with van der Waals surface area (Å²) in [7, 11) is 0. The molecule has 80 valence electrons. The lowest BCUT2D eigenvalue weighted by molar-refractivity contribution is 0.101. The summed E-state index contributed by atoms with van der Waals surface area (Å²) >= 11 is 0. The zero-order valence-electron chi connectivity index (χ0n) is 9.02. The molecule has 0 saturated heterocycles. The van der Waals surface area contributed by atoms with Gasteiger partial charge in [0.15, 0.2) is 5.78 Å². The van der Waals surface area contributed by atoms with Crippen LogP contribution in [0.1, 0.15) is 53.0 Å². The summed E-state index contributed by atoms with van der Waals surface area (Å²) in [5, 5.41) is 3.34. The third-order valence-corrected chi connectivity index (χ3v) is 3.41. The molecule has 0 amide bonds. The molecule has 0 atom stereocenters. The number of aromatic nitrogens is 1. The standard InChI is InChI=1S/C12H16N2O/c1-7(15)11-9-6-13-5-4-10(9)14-12(11)8-2-3-8/h8,13-14H,2-6H2,1H3. The van der Waals surface area contributed by atoms with Crippen LogP contribution in [0.5, 0.6) is 0 Å². The monoisotopic (exact) mass is 204 g/mol. The third-order valence-electron chi connectivity index (χ3n) is 3.41. The van der Waals surface area contributed by atoms with Crippen molar-refractivity contribution in [2.24, 2.45) is 0 Å². The molecule has 1 aromatic heterocycles. The van der Waals surface area contributed by atoms with Crippen molar-refractivity contribution in [3.05, 3.63) is 22.5 Å². The lowest BCUT2D eigenvalue weighted by Crippen LogP contribution is -2.24. The molecule has 2 heterocycles. The van der Waals surface area contributed by atoms with Crippen molar-refractivity contribution in [1.82, 2.24) is 10.3 Å². The molecule has 15 heavy (non-hydrogen) atoms. The van der Waals surface area contributed by atoms with Crippen molar-refractivity contribution >= 4 is 5.78 Å². The minimum absolute atomic E-state index is 0.220. The Kier molecular flexibility index (Phi) is 1.96. The highest BCUT2D eigenvalue weighted by molar-refractivity contribution is 5.97. The average molecular weight is 204 g/mol. The Morgan fingerprint density at radius 2 is 2.20 bits per heavy atom. The molecule has 3 nitrogen and oxygen atoms in total. The van der Waals surface area contributed by atoms with Crippen LogP contribution in [0.3, 0.4) is 0 Å². The summed E-state index contributed by atoms with van der Waals surface area (Å²) < 4.78 is 0. The van der Waals surface area contributed by atoms with E-state index in [0.717, 1.165) is 25.1 Å². The average Bonchev–Trinajstić information content (AvgIpc) is 2.98. The summed E-state index contributed by atoms with van der Waals surface area (Å²) in [5.74, 6) is 0.854. The van der Waals surface area contributed by atoms with Gasteiger partial charge in [-0.1, -0.05) is 0 Å². The van der Waals surface area contributed by atoms with Gasteiger partial charge in [-0.05, 0) is 31.2 Å². The molecule has 0 unspecified atom stereocenters. The molecule has 2 aliphatic rings. The van der Waals surface area contributed by atoms with Crippen LogP contribution in [0.2, 0.25) is 0 Å². The second-order valence-corrected chi connectivity index (χ2v) is 4.63. The van der Waals surface area contributed by atoms with E-state index in [1.165, 1.54) is 29.8 Å². The number of hydrogen-bond donors (Lipinski definition) is 2. The number of carbonyl (C=O) groups excluding carboxylic acids is 1. The number of aromatic amines is 1. The number of Topliss-reactive ketones (excluding diaryl/α,β-unsaturated/α-hetero) is 1.